The fourth-order valence-corrected chi connectivity index (χ4v) is 2.78. The van der Waals surface area contributed by atoms with Crippen molar-refractivity contribution in [2.75, 3.05) is 12.4 Å². The van der Waals surface area contributed by atoms with Gasteiger partial charge in [0.25, 0.3) is 0 Å². The number of carbonyl (C=O) groups excluding carboxylic acids is 1. The quantitative estimate of drug-likeness (QED) is 0.450. The second-order valence-corrected chi connectivity index (χ2v) is 6.50. The predicted octanol–water partition coefficient (Wildman–Crippen LogP) is 2.45. The van der Waals surface area contributed by atoms with Gasteiger partial charge < -0.3 is 10.1 Å². The van der Waals surface area contributed by atoms with E-state index in [1.54, 1.807) is 16.9 Å². The Labute approximate surface area is 162 Å². The minimum Gasteiger partial charge on any atom is -0.475 e. The number of nitro groups is 1. The third kappa shape index (κ3) is 4.70. The molecule has 0 aliphatic carbocycles. The van der Waals surface area contributed by atoms with Crippen molar-refractivity contribution >= 4 is 33.2 Å². The minimum atomic E-state index is -0.614. The van der Waals surface area contributed by atoms with E-state index in [-0.39, 0.29) is 24.0 Å². The smallest absolute Gasteiger partial charge is 0.350 e. The second-order valence-electron chi connectivity index (χ2n) is 5.58. The van der Waals surface area contributed by atoms with Crippen LogP contribution in [0.5, 0.6) is 5.88 Å². The molecule has 0 saturated heterocycles. The number of amides is 1. The fraction of sp³-hybridized carbons (Fsp3) is 0.188. The second kappa shape index (κ2) is 7.99. The van der Waals surface area contributed by atoms with Crippen LogP contribution in [0, 0.1) is 10.1 Å². The Morgan fingerprint density at radius 2 is 2.19 bits per heavy atom. The molecule has 2 aromatic heterocycles. The zero-order chi connectivity index (χ0) is 19.4. The molecule has 1 amide bonds. The van der Waals surface area contributed by atoms with Gasteiger partial charge in [0.1, 0.15) is 12.7 Å². The Bertz CT molecular complexity index is 983. The highest BCUT2D eigenvalue weighted by Crippen LogP contribution is 2.23. The van der Waals surface area contributed by atoms with Crippen LogP contribution in [-0.2, 0) is 17.9 Å². The lowest BCUT2D eigenvalue weighted by molar-refractivity contribution is -0.385. The number of hydrogen-bond acceptors (Lipinski definition) is 6. The average molecular weight is 435 g/mol. The van der Waals surface area contributed by atoms with E-state index in [4.69, 9.17) is 4.74 Å². The third-order valence-electron chi connectivity index (χ3n) is 3.56. The molecule has 2 heterocycles. The van der Waals surface area contributed by atoms with E-state index in [1.165, 1.54) is 7.11 Å². The van der Waals surface area contributed by atoms with E-state index >= 15 is 0 Å². The van der Waals surface area contributed by atoms with Crippen molar-refractivity contribution in [2.45, 2.75) is 13.1 Å². The average Bonchev–Trinajstić information content (AvgIpc) is 3.21. The lowest BCUT2D eigenvalue weighted by Gasteiger charge is -2.08. The van der Waals surface area contributed by atoms with Gasteiger partial charge in [-0.25, -0.2) is 0 Å². The Morgan fingerprint density at radius 1 is 1.37 bits per heavy atom. The van der Waals surface area contributed by atoms with Gasteiger partial charge in [-0.05, 0) is 33.6 Å². The third-order valence-corrected chi connectivity index (χ3v) is 3.97. The van der Waals surface area contributed by atoms with Gasteiger partial charge in [0.05, 0.1) is 29.2 Å². The Hall–Kier alpha value is -3.21. The molecule has 0 unspecified atom stereocenters. The van der Waals surface area contributed by atoms with Crippen molar-refractivity contribution < 1.29 is 14.5 Å². The van der Waals surface area contributed by atoms with Gasteiger partial charge in [-0.15, -0.1) is 5.10 Å². The zero-order valence-corrected chi connectivity index (χ0v) is 15.8. The van der Waals surface area contributed by atoms with Crippen LogP contribution < -0.4 is 10.1 Å². The van der Waals surface area contributed by atoms with Crippen LogP contribution in [0.1, 0.15) is 5.56 Å². The van der Waals surface area contributed by atoms with Gasteiger partial charge >= 0.3 is 11.6 Å². The molecule has 10 nitrogen and oxygen atoms in total. The summed E-state index contributed by atoms with van der Waals surface area (Å²) in [6, 6.07) is 7.34. The van der Waals surface area contributed by atoms with Crippen molar-refractivity contribution in [1.29, 1.82) is 0 Å². The predicted molar refractivity (Wildman–Crippen MR) is 99.5 cm³/mol. The maximum absolute atomic E-state index is 12.2. The van der Waals surface area contributed by atoms with Gasteiger partial charge in [0.15, 0.2) is 0 Å². The summed E-state index contributed by atoms with van der Waals surface area (Å²) in [6.07, 6.45) is 4.71. The molecule has 140 valence electrons. The van der Waals surface area contributed by atoms with Crippen LogP contribution in [0.2, 0.25) is 0 Å². The number of aromatic nitrogens is 4. The molecule has 0 spiro atoms. The van der Waals surface area contributed by atoms with Crippen LogP contribution in [-0.4, -0.2) is 37.5 Å². The summed E-state index contributed by atoms with van der Waals surface area (Å²) in [6.45, 7) is 0.373. The number of nitrogens with zero attached hydrogens (tertiary/aromatic N) is 5. The first-order valence-electron chi connectivity index (χ1n) is 7.77. The van der Waals surface area contributed by atoms with E-state index in [1.807, 2.05) is 24.4 Å². The first-order valence-corrected chi connectivity index (χ1v) is 8.56. The molecular weight excluding hydrogens is 420 g/mol. The van der Waals surface area contributed by atoms with Gasteiger partial charge in [-0.1, -0.05) is 12.1 Å². The van der Waals surface area contributed by atoms with E-state index in [0.29, 0.717) is 12.2 Å². The van der Waals surface area contributed by atoms with E-state index < -0.39 is 4.92 Å². The topological polar surface area (TPSA) is 117 Å². The molecule has 1 N–H and O–H groups in total. The van der Waals surface area contributed by atoms with Gasteiger partial charge in [-0.2, -0.15) is 5.10 Å². The monoisotopic (exact) mass is 434 g/mol. The fourth-order valence-electron chi connectivity index (χ4n) is 2.45. The van der Waals surface area contributed by atoms with Crippen molar-refractivity contribution in [1.82, 2.24) is 19.6 Å². The highest BCUT2D eigenvalue weighted by Gasteiger charge is 2.21. The molecule has 0 bridgehead atoms. The summed E-state index contributed by atoms with van der Waals surface area (Å²) in [4.78, 5) is 22.5. The molecule has 1 aromatic carbocycles. The number of carbonyl (C=O) groups is 1. The summed E-state index contributed by atoms with van der Waals surface area (Å²) < 4.78 is 8.66. The summed E-state index contributed by atoms with van der Waals surface area (Å²) in [5, 5.41) is 21.7. The highest BCUT2D eigenvalue weighted by atomic mass is 79.9. The highest BCUT2D eigenvalue weighted by molar-refractivity contribution is 9.10. The molecule has 0 aliphatic heterocycles. The summed E-state index contributed by atoms with van der Waals surface area (Å²) >= 11 is 3.35. The van der Waals surface area contributed by atoms with Gasteiger partial charge in [0.2, 0.25) is 5.91 Å². The Kier molecular flexibility index (Phi) is 5.50. The minimum absolute atomic E-state index is 0.139. The molecule has 3 aromatic rings. The molecule has 0 fully saturated rings. The van der Waals surface area contributed by atoms with Crippen molar-refractivity contribution in [3.05, 3.63) is 63.0 Å². The molecule has 0 atom stereocenters. The van der Waals surface area contributed by atoms with E-state index in [0.717, 1.165) is 20.9 Å². The molecule has 0 radical (unpaired) electrons. The number of hydrogen-bond donors (Lipinski definition) is 1. The number of anilines is 1. The van der Waals surface area contributed by atoms with Crippen LogP contribution in [0.25, 0.3) is 0 Å². The van der Waals surface area contributed by atoms with Crippen molar-refractivity contribution in [2.24, 2.45) is 0 Å². The van der Waals surface area contributed by atoms with Crippen LogP contribution in [0.3, 0.4) is 0 Å². The molecule has 27 heavy (non-hydrogen) atoms. The first kappa shape index (κ1) is 18.6. The lowest BCUT2D eigenvalue weighted by Crippen LogP contribution is -2.19. The van der Waals surface area contributed by atoms with Gasteiger partial charge in [-0.3, -0.25) is 24.3 Å². The van der Waals surface area contributed by atoms with Crippen molar-refractivity contribution in [3.63, 3.8) is 0 Å². The standard InChI is InChI=1S/C16H15BrN6O4/c1-27-16-14(23(25)26)9-22(20-16)10-15(24)19-13-4-2-3-11(5-13)7-21-8-12(17)6-18-21/h2-6,8-9H,7,10H2,1H3,(H,19,24). The first-order chi connectivity index (χ1) is 12.9. The molecule has 0 saturated carbocycles. The Morgan fingerprint density at radius 3 is 2.81 bits per heavy atom. The molecule has 3 rings (SSSR count). The normalized spacial score (nSPS) is 10.6. The number of methoxy groups -OCH3 is 1. The summed E-state index contributed by atoms with van der Waals surface area (Å²) in [7, 11) is 1.28. The molecule has 0 aliphatic rings. The Balaban J connectivity index is 1.66. The largest absolute Gasteiger partial charge is 0.475 e. The maximum atomic E-state index is 12.2. The maximum Gasteiger partial charge on any atom is 0.350 e. The zero-order valence-electron chi connectivity index (χ0n) is 14.2. The number of halogens is 1. The summed E-state index contributed by atoms with van der Waals surface area (Å²) in [5.41, 5.74) is 1.27. The molecule has 11 heteroatoms. The van der Waals surface area contributed by atoms with E-state index in [9.17, 15) is 14.9 Å². The lowest BCUT2D eigenvalue weighted by atomic mass is 10.2. The summed E-state index contributed by atoms with van der Waals surface area (Å²) in [5.74, 6) is -0.505. The number of rotatable bonds is 7. The number of nitrogens with one attached hydrogen (secondary N) is 1. The SMILES string of the molecule is COc1nn(CC(=O)Nc2cccc(Cn3cc(Br)cn3)c2)cc1[N+](=O)[O-]. The van der Waals surface area contributed by atoms with E-state index in [2.05, 4.69) is 31.4 Å². The van der Waals surface area contributed by atoms with Crippen LogP contribution in [0.15, 0.2) is 47.3 Å². The number of ether oxygens (including phenoxy) is 1. The van der Waals surface area contributed by atoms with Crippen LogP contribution >= 0.6 is 15.9 Å². The van der Waals surface area contributed by atoms with Crippen molar-refractivity contribution in [3.8, 4) is 5.88 Å². The van der Waals surface area contributed by atoms with Gasteiger partial charge in [0, 0.05) is 11.9 Å². The molecular formula is C16H15BrN6O4. The van der Waals surface area contributed by atoms with Crippen LogP contribution in [0.4, 0.5) is 11.4 Å². The number of benzene rings is 1.